The van der Waals surface area contributed by atoms with Gasteiger partial charge in [0.05, 0.1) is 23.2 Å². The van der Waals surface area contributed by atoms with Crippen LogP contribution < -0.4 is 10.1 Å². The summed E-state index contributed by atoms with van der Waals surface area (Å²) in [6.07, 6.45) is 0. The van der Waals surface area contributed by atoms with E-state index in [4.69, 9.17) is 10.00 Å². The van der Waals surface area contributed by atoms with Crippen molar-refractivity contribution in [1.82, 2.24) is 0 Å². The minimum absolute atomic E-state index is 0.302. The Balaban J connectivity index is 2.18. The lowest BCUT2D eigenvalue weighted by Crippen LogP contribution is -2.03. The van der Waals surface area contributed by atoms with Crippen LogP contribution in [0.1, 0.15) is 16.7 Å². The van der Waals surface area contributed by atoms with Gasteiger partial charge in [0.25, 0.3) is 0 Å². The van der Waals surface area contributed by atoms with Gasteiger partial charge >= 0.3 is 0 Å². The predicted octanol–water partition coefficient (Wildman–Crippen LogP) is 4.39. The number of nitrogens with zero attached hydrogens (tertiary/aromatic N) is 1. The molecule has 0 aliphatic carbocycles. The zero-order valence-electron chi connectivity index (χ0n) is 11.7. The molecule has 0 radical (unpaired) electrons. The Labute approximate surface area is 131 Å². The number of ether oxygens (including phenoxy) is 1. The van der Waals surface area contributed by atoms with E-state index in [1.165, 1.54) is 6.07 Å². The van der Waals surface area contributed by atoms with Crippen molar-refractivity contribution in [3.8, 4) is 11.8 Å². The molecule has 2 aromatic carbocycles. The fourth-order valence-electron chi connectivity index (χ4n) is 1.94. The second-order valence-electron chi connectivity index (χ2n) is 4.56. The van der Waals surface area contributed by atoms with E-state index >= 15 is 0 Å². The van der Waals surface area contributed by atoms with Crippen LogP contribution >= 0.6 is 15.9 Å². The molecule has 0 spiro atoms. The van der Waals surface area contributed by atoms with Gasteiger partial charge in [0.2, 0.25) is 0 Å². The Kier molecular flexibility index (Phi) is 4.81. The molecule has 0 aromatic heterocycles. The Morgan fingerprint density at radius 1 is 1.33 bits per heavy atom. The van der Waals surface area contributed by atoms with Crippen molar-refractivity contribution < 1.29 is 9.13 Å². The zero-order chi connectivity index (χ0) is 15.4. The molecule has 2 aromatic rings. The van der Waals surface area contributed by atoms with Gasteiger partial charge in [-0.2, -0.15) is 5.26 Å². The van der Waals surface area contributed by atoms with E-state index < -0.39 is 0 Å². The molecule has 0 bridgehead atoms. The van der Waals surface area contributed by atoms with Gasteiger partial charge in [-0.25, -0.2) is 4.39 Å². The van der Waals surface area contributed by atoms with Gasteiger partial charge in [-0.05, 0) is 52.7 Å². The first-order valence-electron chi connectivity index (χ1n) is 6.31. The summed E-state index contributed by atoms with van der Waals surface area (Å²) in [6.45, 7) is 2.21. The number of halogens is 2. The van der Waals surface area contributed by atoms with E-state index in [1.54, 1.807) is 20.1 Å². The highest BCUT2D eigenvalue weighted by Crippen LogP contribution is 2.26. The van der Waals surface area contributed by atoms with Gasteiger partial charge in [-0.3, -0.25) is 0 Å². The molecule has 2 rings (SSSR count). The highest BCUT2D eigenvalue weighted by molar-refractivity contribution is 9.10. The summed E-state index contributed by atoms with van der Waals surface area (Å²) in [5.41, 5.74) is 2.45. The third-order valence-electron chi connectivity index (χ3n) is 3.17. The molecule has 0 fully saturated rings. The first kappa shape index (κ1) is 15.3. The van der Waals surface area contributed by atoms with Crippen LogP contribution in [0.25, 0.3) is 0 Å². The Morgan fingerprint density at radius 3 is 2.71 bits per heavy atom. The van der Waals surface area contributed by atoms with E-state index in [-0.39, 0.29) is 5.82 Å². The monoisotopic (exact) mass is 348 g/mol. The Bertz CT molecular complexity index is 710. The van der Waals surface area contributed by atoms with Gasteiger partial charge in [0.15, 0.2) is 0 Å². The van der Waals surface area contributed by atoms with Crippen LogP contribution in [0.15, 0.2) is 34.8 Å². The number of nitriles is 1. The molecule has 0 atom stereocenters. The zero-order valence-corrected chi connectivity index (χ0v) is 13.3. The number of hydrogen-bond donors (Lipinski definition) is 1. The molecule has 5 heteroatoms. The average Bonchev–Trinajstić information content (AvgIpc) is 2.48. The van der Waals surface area contributed by atoms with Gasteiger partial charge in [-0.1, -0.05) is 6.07 Å². The highest BCUT2D eigenvalue weighted by atomic mass is 79.9. The van der Waals surface area contributed by atoms with E-state index in [2.05, 4.69) is 21.2 Å². The smallest absolute Gasteiger partial charge is 0.133 e. The maximum absolute atomic E-state index is 13.7. The molecule has 0 saturated carbocycles. The van der Waals surface area contributed by atoms with Crippen LogP contribution in [0.5, 0.6) is 5.75 Å². The molecule has 3 nitrogen and oxygen atoms in total. The van der Waals surface area contributed by atoms with Crippen molar-refractivity contribution in [2.75, 3.05) is 12.4 Å². The van der Waals surface area contributed by atoms with E-state index in [0.29, 0.717) is 23.4 Å². The SMILES string of the molecule is COc1ccc(CNc2cc(C#N)cc(F)c2C)cc1Br. The summed E-state index contributed by atoms with van der Waals surface area (Å²) in [5, 5.41) is 12.0. The van der Waals surface area contributed by atoms with E-state index in [9.17, 15) is 4.39 Å². The standard InChI is InChI=1S/C16H14BrFN2O/c1-10-14(18)6-12(8-19)7-15(10)20-9-11-3-4-16(21-2)13(17)5-11/h3-7,20H,9H2,1-2H3. The number of rotatable bonds is 4. The third kappa shape index (κ3) is 3.53. The number of hydrogen-bond acceptors (Lipinski definition) is 3. The molecule has 0 aliphatic rings. The van der Waals surface area contributed by atoms with Crippen molar-refractivity contribution in [3.63, 3.8) is 0 Å². The van der Waals surface area contributed by atoms with Crippen LogP contribution in [-0.2, 0) is 6.54 Å². The largest absolute Gasteiger partial charge is 0.496 e. The lowest BCUT2D eigenvalue weighted by molar-refractivity contribution is 0.412. The van der Waals surface area contributed by atoms with Crippen LogP contribution in [0.2, 0.25) is 0 Å². The van der Waals surface area contributed by atoms with Gasteiger partial charge < -0.3 is 10.1 Å². The van der Waals surface area contributed by atoms with E-state index in [0.717, 1.165) is 15.8 Å². The molecule has 21 heavy (non-hydrogen) atoms. The summed E-state index contributed by atoms with van der Waals surface area (Å²) in [5.74, 6) is 0.375. The Morgan fingerprint density at radius 2 is 2.10 bits per heavy atom. The summed E-state index contributed by atoms with van der Waals surface area (Å²) in [7, 11) is 1.61. The second kappa shape index (κ2) is 6.59. The quantitative estimate of drug-likeness (QED) is 0.891. The third-order valence-corrected chi connectivity index (χ3v) is 3.79. The molecule has 0 aliphatic heterocycles. The summed E-state index contributed by atoms with van der Waals surface area (Å²) in [6, 6.07) is 10.6. The summed E-state index contributed by atoms with van der Waals surface area (Å²) >= 11 is 3.43. The number of nitrogens with one attached hydrogen (secondary N) is 1. The second-order valence-corrected chi connectivity index (χ2v) is 5.42. The fourth-order valence-corrected chi connectivity index (χ4v) is 2.53. The van der Waals surface area contributed by atoms with Crippen molar-refractivity contribution in [2.45, 2.75) is 13.5 Å². The highest BCUT2D eigenvalue weighted by Gasteiger charge is 2.07. The van der Waals surface area contributed by atoms with Gasteiger partial charge in [-0.15, -0.1) is 0 Å². The van der Waals surface area contributed by atoms with Crippen LogP contribution in [0.4, 0.5) is 10.1 Å². The van der Waals surface area contributed by atoms with Gasteiger partial charge in [0, 0.05) is 17.8 Å². The van der Waals surface area contributed by atoms with Gasteiger partial charge in [0.1, 0.15) is 11.6 Å². The first-order chi connectivity index (χ1) is 10.0. The van der Waals surface area contributed by atoms with Crippen molar-refractivity contribution in [1.29, 1.82) is 5.26 Å². The maximum Gasteiger partial charge on any atom is 0.133 e. The molecule has 0 amide bonds. The summed E-state index contributed by atoms with van der Waals surface area (Å²) in [4.78, 5) is 0. The normalized spacial score (nSPS) is 10.0. The predicted molar refractivity (Wildman–Crippen MR) is 83.9 cm³/mol. The van der Waals surface area contributed by atoms with Crippen molar-refractivity contribution in [2.24, 2.45) is 0 Å². The lowest BCUT2D eigenvalue weighted by atomic mass is 10.1. The number of methoxy groups -OCH3 is 1. The minimum Gasteiger partial charge on any atom is -0.496 e. The number of benzene rings is 2. The first-order valence-corrected chi connectivity index (χ1v) is 7.11. The number of anilines is 1. The van der Waals surface area contributed by atoms with Crippen LogP contribution in [0, 0.1) is 24.1 Å². The fraction of sp³-hybridized carbons (Fsp3) is 0.188. The van der Waals surface area contributed by atoms with Crippen molar-refractivity contribution >= 4 is 21.6 Å². The summed E-state index contributed by atoms with van der Waals surface area (Å²) < 4.78 is 19.7. The molecule has 0 heterocycles. The lowest BCUT2D eigenvalue weighted by Gasteiger charge is -2.12. The van der Waals surface area contributed by atoms with E-state index in [1.807, 2.05) is 24.3 Å². The molecule has 0 saturated heterocycles. The van der Waals surface area contributed by atoms with Crippen LogP contribution in [0.3, 0.4) is 0 Å². The molecule has 0 unspecified atom stereocenters. The molecule has 1 N–H and O–H groups in total. The maximum atomic E-state index is 13.7. The molecule has 108 valence electrons. The minimum atomic E-state index is -0.382. The Hall–Kier alpha value is -2.06. The van der Waals surface area contributed by atoms with Crippen molar-refractivity contribution in [3.05, 3.63) is 57.3 Å². The topological polar surface area (TPSA) is 45.0 Å². The average molecular weight is 349 g/mol. The molecular weight excluding hydrogens is 335 g/mol. The molecular formula is C16H14BrFN2O. The van der Waals surface area contributed by atoms with Crippen LogP contribution in [-0.4, -0.2) is 7.11 Å².